The van der Waals surface area contributed by atoms with Crippen molar-refractivity contribution in [1.82, 2.24) is 4.98 Å². The summed E-state index contributed by atoms with van der Waals surface area (Å²) in [5.74, 6) is 0. The summed E-state index contributed by atoms with van der Waals surface area (Å²) in [5.41, 5.74) is 11.4. The molecule has 0 bridgehead atoms. The number of aryl methyl sites for hydroxylation is 4. The SMILES string of the molecule is Cc1cc(C)c(-c2csc(N/N=C\c3ccccc3C)n2)c(C)c1. The fourth-order valence-electron chi connectivity index (χ4n) is 2.91. The molecule has 1 N–H and O–H groups in total. The number of rotatable bonds is 4. The first-order chi connectivity index (χ1) is 11.5. The van der Waals surface area contributed by atoms with Gasteiger partial charge in [0.15, 0.2) is 0 Å². The predicted molar refractivity (Wildman–Crippen MR) is 104 cm³/mol. The molecule has 3 nitrogen and oxygen atoms in total. The van der Waals surface area contributed by atoms with Crippen LogP contribution in [0.1, 0.15) is 27.8 Å². The fraction of sp³-hybridized carbons (Fsp3) is 0.200. The van der Waals surface area contributed by atoms with Gasteiger partial charge in [-0.15, -0.1) is 11.3 Å². The molecule has 0 radical (unpaired) electrons. The Morgan fingerprint density at radius 3 is 2.42 bits per heavy atom. The number of benzene rings is 2. The van der Waals surface area contributed by atoms with Crippen LogP contribution in [-0.2, 0) is 0 Å². The number of nitrogens with one attached hydrogen (secondary N) is 1. The highest BCUT2D eigenvalue weighted by Gasteiger charge is 2.10. The van der Waals surface area contributed by atoms with Crippen LogP contribution >= 0.6 is 11.3 Å². The van der Waals surface area contributed by atoms with Crippen molar-refractivity contribution >= 4 is 22.7 Å². The van der Waals surface area contributed by atoms with Crippen LogP contribution in [0.5, 0.6) is 0 Å². The lowest BCUT2D eigenvalue weighted by Gasteiger charge is -2.08. The first kappa shape index (κ1) is 16.4. The highest BCUT2D eigenvalue weighted by atomic mass is 32.1. The van der Waals surface area contributed by atoms with Gasteiger partial charge in [0, 0.05) is 10.9 Å². The number of thiazole rings is 1. The summed E-state index contributed by atoms with van der Waals surface area (Å²) in [6.45, 7) is 8.47. The second-order valence-corrected chi connectivity index (χ2v) is 6.90. The highest BCUT2D eigenvalue weighted by molar-refractivity contribution is 7.14. The van der Waals surface area contributed by atoms with Crippen LogP contribution in [0.25, 0.3) is 11.3 Å². The quantitative estimate of drug-likeness (QED) is 0.505. The molecule has 0 aliphatic carbocycles. The molecule has 0 unspecified atom stereocenters. The van der Waals surface area contributed by atoms with E-state index in [1.807, 2.05) is 24.4 Å². The van der Waals surface area contributed by atoms with Crippen LogP contribution in [0.4, 0.5) is 5.13 Å². The lowest BCUT2D eigenvalue weighted by Crippen LogP contribution is -1.93. The van der Waals surface area contributed by atoms with Crippen LogP contribution in [0.2, 0.25) is 0 Å². The van der Waals surface area contributed by atoms with E-state index in [1.165, 1.54) is 27.8 Å². The summed E-state index contributed by atoms with van der Waals surface area (Å²) < 4.78 is 0. The molecule has 0 aliphatic heterocycles. The third-order valence-corrected chi connectivity index (χ3v) is 4.74. The van der Waals surface area contributed by atoms with E-state index in [-0.39, 0.29) is 0 Å². The second-order valence-electron chi connectivity index (χ2n) is 6.04. The van der Waals surface area contributed by atoms with Gasteiger partial charge >= 0.3 is 0 Å². The molecule has 0 spiro atoms. The Balaban J connectivity index is 1.78. The summed E-state index contributed by atoms with van der Waals surface area (Å²) in [6, 6.07) is 12.6. The molecule has 122 valence electrons. The Labute approximate surface area is 147 Å². The monoisotopic (exact) mass is 335 g/mol. The molecule has 0 fully saturated rings. The van der Waals surface area contributed by atoms with Crippen LogP contribution in [0, 0.1) is 27.7 Å². The van der Waals surface area contributed by atoms with E-state index >= 15 is 0 Å². The van der Waals surface area contributed by atoms with Crippen molar-refractivity contribution in [3.63, 3.8) is 0 Å². The Morgan fingerprint density at radius 2 is 1.71 bits per heavy atom. The number of aromatic nitrogens is 1. The minimum Gasteiger partial charge on any atom is -0.253 e. The maximum Gasteiger partial charge on any atom is 0.203 e. The topological polar surface area (TPSA) is 37.3 Å². The molecule has 1 heterocycles. The van der Waals surface area contributed by atoms with Gasteiger partial charge in [-0.25, -0.2) is 4.98 Å². The average Bonchev–Trinajstić information content (AvgIpc) is 2.96. The smallest absolute Gasteiger partial charge is 0.203 e. The normalized spacial score (nSPS) is 11.2. The maximum absolute atomic E-state index is 4.68. The highest BCUT2D eigenvalue weighted by Crippen LogP contribution is 2.31. The third kappa shape index (κ3) is 3.54. The van der Waals surface area contributed by atoms with E-state index in [0.29, 0.717) is 0 Å². The van der Waals surface area contributed by atoms with Gasteiger partial charge in [0.05, 0.1) is 11.9 Å². The van der Waals surface area contributed by atoms with Crippen LogP contribution < -0.4 is 5.43 Å². The van der Waals surface area contributed by atoms with Crippen molar-refractivity contribution in [1.29, 1.82) is 0 Å². The van der Waals surface area contributed by atoms with Gasteiger partial charge in [0.1, 0.15) is 0 Å². The zero-order chi connectivity index (χ0) is 17.1. The minimum absolute atomic E-state index is 0.800. The summed E-state index contributed by atoms with van der Waals surface area (Å²) >= 11 is 1.57. The molecule has 2 aromatic carbocycles. The molecular formula is C20H21N3S. The molecule has 0 saturated carbocycles. The summed E-state index contributed by atoms with van der Waals surface area (Å²) in [6.07, 6.45) is 1.83. The minimum atomic E-state index is 0.800. The Morgan fingerprint density at radius 1 is 1.00 bits per heavy atom. The molecule has 0 aliphatic rings. The van der Waals surface area contributed by atoms with E-state index in [9.17, 15) is 0 Å². The zero-order valence-corrected chi connectivity index (χ0v) is 15.2. The van der Waals surface area contributed by atoms with E-state index in [0.717, 1.165) is 16.4 Å². The van der Waals surface area contributed by atoms with E-state index in [1.54, 1.807) is 11.3 Å². The van der Waals surface area contributed by atoms with E-state index < -0.39 is 0 Å². The van der Waals surface area contributed by atoms with Crippen molar-refractivity contribution in [3.8, 4) is 11.3 Å². The number of hydrogen-bond acceptors (Lipinski definition) is 4. The zero-order valence-electron chi connectivity index (χ0n) is 14.4. The standard InChI is InChI=1S/C20H21N3S/c1-13-9-15(3)19(16(4)10-13)18-12-24-20(22-18)23-21-11-17-8-6-5-7-14(17)2/h5-12H,1-4H3,(H,22,23)/b21-11-. The molecule has 24 heavy (non-hydrogen) atoms. The van der Waals surface area contributed by atoms with Gasteiger partial charge in [-0.05, 0) is 49.9 Å². The molecule has 0 amide bonds. The van der Waals surface area contributed by atoms with Crippen molar-refractivity contribution < 1.29 is 0 Å². The molecule has 3 aromatic rings. The van der Waals surface area contributed by atoms with Crippen molar-refractivity contribution in [2.24, 2.45) is 5.10 Å². The van der Waals surface area contributed by atoms with Crippen LogP contribution in [0.15, 0.2) is 46.9 Å². The molecule has 0 saturated heterocycles. The number of nitrogens with zero attached hydrogens (tertiary/aromatic N) is 2. The second kappa shape index (κ2) is 6.97. The van der Waals surface area contributed by atoms with Gasteiger partial charge < -0.3 is 0 Å². The lowest BCUT2D eigenvalue weighted by atomic mass is 9.98. The Bertz CT molecular complexity index is 870. The molecule has 3 rings (SSSR count). The summed E-state index contributed by atoms with van der Waals surface area (Å²) in [5, 5.41) is 7.19. The maximum atomic E-state index is 4.68. The van der Waals surface area contributed by atoms with Gasteiger partial charge in [0.25, 0.3) is 0 Å². The molecule has 1 aromatic heterocycles. The largest absolute Gasteiger partial charge is 0.253 e. The summed E-state index contributed by atoms with van der Waals surface area (Å²) in [4.78, 5) is 4.68. The molecular weight excluding hydrogens is 314 g/mol. The van der Waals surface area contributed by atoms with Gasteiger partial charge in [0.2, 0.25) is 5.13 Å². The molecule has 4 heteroatoms. The van der Waals surface area contributed by atoms with Crippen molar-refractivity contribution in [2.75, 3.05) is 5.43 Å². The number of anilines is 1. The van der Waals surface area contributed by atoms with E-state index in [2.05, 4.69) is 66.8 Å². The van der Waals surface area contributed by atoms with Gasteiger partial charge in [-0.3, -0.25) is 5.43 Å². The van der Waals surface area contributed by atoms with Crippen LogP contribution in [-0.4, -0.2) is 11.2 Å². The van der Waals surface area contributed by atoms with Crippen molar-refractivity contribution in [2.45, 2.75) is 27.7 Å². The third-order valence-electron chi connectivity index (χ3n) is 3.99. The summed E-state index contributed by atoms with van der Waals surface area (Å²) in [7, 11) is 0. The predicted octanol–water partition coefficient (Wildman–Crippen LogP) is 5.49. The lowest BCUT2D eigenvalue weighted by molar-refractivity contribution is 1.26. The number of hydrogen-bond donors (Lipinski definition) is 1. The number of hydrazone groups is 1. The fourth-order valence-corrected chi connectivity index (χ4v) is 3.56. The van der Waals surface area contributed by atoms with Gasteiger partial charge in [-0.2, -0.15) is 5.10 Å². The molecule has 0 atom stereocenters. The van der Waals surface area contributed by atoms with Crippen LogP contribution in [0.3, 0.4) is 0 Å². The van der Waals surface area contributed by atoms with E-state index in [4.69, 9.17) is 0 Å². The first-order valence-electron chi connectivity index (χ1n) is 7.93. The first-order valence-corrected chi connectivity index (χ1v) is 8.81. The Hall–Kier alpha value is -2.46. The average molecular weight is 335 g/mol. The Kier molecular flexibility index (Phi) is 4.76. The van der Waals surface area contributed by atoms with Gasteiger partial charge in [-0.1, -0.05) is 42.0 Å². The van der Waals surface area contributed by atoms with Crippen molar-refractivity contribution in [3.05, 3.63) is 69.6 Å².